The molecular weight excluding hydrogens is 282 g/mol. The van der Waals surface area contributed by atoms with Crippen molar-refractivity contribution < 1.29 is 22.7 Å². The molecule has 0 radical (unpaired) electrons. The number of sulfonamides is 1. The summed E-state index contributed by atoms with van der Waals surface area (Å²) in [6.45, 7) is 2.24. The number of benzene rings is 1. The minimum absolute atomic E-state index is 0.160. The largest absolute Gasteiger partial charge is 0.462 e. The molecule has 0 aliphatic carbocycles. The van der Waals surface area contributed by atoms with Crippen LogP contribution in [0.3, 0.4) is 0 Å². The standard InChI is InChI=1S/C13H15NO5S/c1-2-3-8-19-13(16)12-7-5-4-6-11(12)9-20(17,18)14-10-15/h4-7H,2-3,8-9H2,1H3. The highest BCUT2D eigenvalue weighted by Gasteiger charge is 2.17. The zero-order chi connectivity index (χ0) is 15.0. The molecule has 0 aliphatic rings. The van der Waals surface area contributed by atoms with Crippen molar-refractivity contribution >= 4 is 22.1 Å². The highest BCUT2D eigenvalue weighted by atomic mass is 32.2. The molecule has 108 valence electrons. The van der Waals surface area contributed by atoms with Crippen LogP contribution in [0.25, 0.3) is 0 Å². The van der Waals surface area contributed by atoms with Crippen LogP contribution >= 0.6 is 0 Å². The molecule has 7 heteroatoms. The van der Waals surface area contributed by atoms with Gasteiger partial charge in [-0.2, -0.15) is 0 Å². The Hall–Kier alpha value is -1.98. The fraction of sp³-hybridized carbons (Fsp3) is 0.385. The van der Waals surface area contributed by atoms with E-state index in [1.807, 2.05) is 6.92 Å². The van der Waals surface area contributed by atoms with Crippen molar-refractivity contribution in [2.75, 3.05) is 6.61 Å². The number of esters is 1. The van der Waals surface area contributed by atoms with Crippen LogP contribution in [-0.4, -0.2) is 27.1 Å². The smallest absolute Gasteiger partial charge is 0.338 e. The summed E-state index contributed by atoms with van der Waals surface area (Å²) in [5, 5.41) is 0. The Labute approximate surface area is 117 Å². The summed E-state index contributed by atoms with van der Waals surface area (Å²) >= 11 is 0. The normalized spacial score (nSPS) is 10.7. The van der Waals surface area contributed by atoms with Gasteiger partial charge in [0.15, 0.2) is 0 Å². The molecule has 0 aromatic heterocycles. The van der Waals surface area contributed by atoms with Crippen LogP contribution in [0.4, 0.5) is 0 Å². The molecule has 0 bridgehead atoms. The van der Waals surface area contributed by atoms with Crippen LogP contribution in [0, 0.1) is 0 Å². The Morgan fingerprint density at radius 1 is 1.35 bits per heavy atom. The molecule has 0 amide bonds. The van der Waals surface area contributed by atoms with Crippen molar-refractivity contribution in [2.24, 2.45) is 4.40 Å². The van der Waals surface area contributed by atoms with Crippen LogP contribution < -0.4 is 0 Å². The predicted octanol–water partition coefficient (Wildman–Crippen LogP) is 1.81. The summed E-state index contributed by atoms with van der Waals surface area (Å²) in [4.78, 5) is 21.9. The van der Waals surface area contributed by atoms with Gasteiger partial charge in [0, 0.05) is 0 Å². The Morgan fingerprint density at radius 2 is 2.05 bits per heavy atom. The van der Waals surface area contributed by atoms with E-state index in [2.05, 4.69) is 4.40 Å². The molecule has 0 unspecified atom stereocenters. The van der Waals surface area contributed by atoms with Gasteiger partial charge in [-0.05, 0) is 18.1 Å². The number of hydrogen-bond acceptors (Lipinski definition) is 5. The van der Waals surface area contributed by atoms with E-state index in [1.54, 1.807) is 12.1 Å². The lowest BCUT2D eigenvalue weighted by Crippen LogP contribution is -2.11. The van der Waals surface area contributed by atoms with Gasteiger partial charge in [-0.1, -0.05) is 35.9 Å². The first-order valence-electron chi connectivity index (χ1n) is 6.07. The number of nitrogens with zero attached hydrogens (tertiary/aromatic N) is 1. The molecule has 0 saturated carbocycles. The van der Waals surface area contributed by atoms with Gasteiger partial charge >= 0.3 is 5.97 Å². The number of hydrogen-bond donors (Lipinski definition) is 0. The molecular formula is C13H15NO5S. The number of rotatable bonds is 7. The lowest BCUT2D eigenvalue weighted by molar-refractivity contribution is 0.0499. The van der Waals surface area contributed by atoms with Gasteiger partial charge in [-0.3, -0.25) is 0 Å². The highest BCUT2D eigenvalue weighted by molar-refractivity contribution is 7.89. The molecule has 0 heterocycles. The van der Waals surface area contributed by atoms with Gasteiger partial charge in [0.1, 0.15) is 0 Å². The summed E-state index contributed by atoms with van der Waals surface area (Å²) < 4.78 is 30.7. The van der Waals surface area contributed by atoms with Crippen molar-refractivity contribution in [1.29, 1.82) is 0 Å². The van der Waals surface area contributed by atoms with E-state index in [0.29, 0.717) is 0 Å². The van der Waals surface area contributed by atoms with Gasteiger partial charge in [-0.15, -0.1) is 0 Å². The van der Waals surface area contributed by atoms with Crippen LogP contribution in [0.5, 0.6) is 0 Å². The van der Waals surface area contributed by atoms with Gasteiger partial charge in [0.25, 0.3) is 16.1 Å². The average molecular weight is 297 g/mol. The summed E-state index contributed by atoms with van der Waals surface area (Å²) in [5.74, 6) is -1.12. The highest BCUT2D eigenvalue weighted by Crippen LogP contribution is 2.15. The van der Waals surface area contributed by atoms with Crippen LogP contribution in [0.1, 0.15) is 35.7 Å². The first-order chi connectivity index (χ1) is 9.50. The van der Waals surface area contributed by atoms with Crippen LogP contribution in [0.15, 0.2) is 28.7 Å². The van der Waals surface area contributed by atoms with Gasteiger partial charge in [0.2, 0.25) is 0 Å². The Morgan fingerprint density at radius 3 is 2.70 bits per heavy atom. The molecule has 6 nitrogen and oxygen atoms in total. The zero-order valence-electron chi connectivity index (χ0n) is 11.0. The van der Waals surface area contributed by atoms with E-state index in [-0.39, 0.29) is 17.7 Å². The molecule has 1 aromatic rings. The minimum Gasteiger partial charge on any atom is -0.462 e. The number of isocyanates is 1. The zero-order valence-corrected chi connectivity index (χ0v) is 11.9. The number of ether oxygens (including phenoxy) is 1. The van der Waals surface area contributed by atoms with Gasteiger partial charge < -0.3 is 4.74 Å². The third-order valence-electron chi connectivity index (χ3n) is 2.48. The van der Waals surface area contributed by atoms with E-state index in [1.165, 1.54) is 12.1 Å². The Balaban J connectivity index is 2.93. The van der Waals surface area contributed by atoms with Crippen molar-refractivity contribution in [3.05, 3.63) is 35.4 Å². The average Bonchev–Trinajstić information content (AvgIpc) is 2.39. The second kappa shape index (κ2) is 7.57. The van der Waals surface area contributed by atoms with Crippen molar-refractivity contribution in [1.82, 2.24) is 0 Å². The summed E-state index contributed by atoms with van der Waals surface area (Å²) in [5.41, 5.74) is 0.404. The van der Waals surface area contributed by atoms with E-state index >= 15 is 0 Å². The maximum Gasteiger partial charge on any atom is 0.338 e. The lowest BCUT2D eigenvalue weighted by Gasteiger charge is -2.08. The fourth-order valence-corrected chi connectivity index (χ4v) is 2.34. The maximum absolute atomic E-state index is 11.9. The van der Waals surface area contributed by atoms with Crippen molar-refractivity contribution in [3.8, 4) is 0 Å². The third-order valence-corrected chi connectivity index (χ3v) is 3.51. The minimum atomic E-state index is -3.97. The lowest BCUT2D eigenvalue weighted by atomic mass is 10.1. The third kappa shape index (κ3) is 4.95. The van der Waals surface area contributed by atoms with E-state index in [0.717, 1.165) is 18.9 Å². The molecule has 0 N–H and O–H groups in total. The second-order valence-electron chi connectivity index (χ2n) is 4.06. The molecule has 0 atom stereocenters. The second-order valence-corrected chi connectivity index (χ2v) is 5.69. The molecule has 0 fully saturated rings. The van der Waals surface area contributed by atoms with Crippen LogP contribution in [0.2, 0.25) is 0 Å². The summed E-state index contributed by atoms with van der Waals surface area (Å²) in [6.07, 6.45) is 2.61. The SMILES string of the molecule is CCCCOC(=O)c1ccccc1CS(=O)(=O)N=C=O. The van der Waals surface area contributed by atoms with E-state index in [4.69, 9.17) is 4.74 Å². The monoisotopic (exact) mass is 297 g/mol. The Kier molecular flexibility index (Phi) is 6.09. The van der Waals surface area contributed by atoms with Gasteiger partial charge in [-0.25, -0.2) is 18.0 Å². The maximum atomic E-state index is 11.9. The van der Waals surface area contributed by atoms with Gasteiger partial charge in [0.05, 0.1) is 17.9 Å². The molecule has 1 rings (SSSR count). The molecule has 1 aromatic carbocycles. The molecule has 0 aliphatic heterocycles. The van der Waals surface area contributed by atoms with E-state index < -0.39 is 21.7 Å². The first-order valence-corrected chi connectivity index (χ1v) is 7.68. The quantitative estimate of drug-likeness (QED) is 0.331. The molecule has 0 saturated heterocycles. The van der Waals surface area contributed by atoms with E-state index in [9.17, 15) is 18.0 Å². The first kappa shape index (κ1) is 16.1. The number of carbonyl (C=O) groups excluding carboxylic acids is 2. The van der Waals surface area contributed by atoms with Crippen LogP contribution in [-0.2, 0) is 25.3 Å². The molecule has 0 spiro atoms. The van der Waals surface area contributed by atoms with Crippen molar-refractivity contribution in [3.63, 3.8) is 0 Å². The number of unbranched alkanes of at least 4 members (excludes halogenated alkanes) is 1. The summed E-state index contributed by atoms with van der Waals surface area (Å²) in [6, 6.07) is 6.16. The topological polar surface area (TPSA) is 89.9 Å². The fourth-order valence-electron chi connectivity index (χ4n) is 1.52. The Bertz CT molecular complexity index is 617. The molecule has 20 heavy (non-hydrogen) atoms. The number of carbonyl (C=O) groups is 1. The predicted molar refractivity (Wildman–Crippen MR) is 72.4 cm³/mol. The van der Waals surface area contributed by atoms with Crippen molar-refractivity contribution in [2.45, 2.75) is 25.5 Å². The summed E-state index contributed by atoms with van der Waals surface area (Å²) in [7, 11) is -3.97.